The molecule has 0 saturated heterocycles. The van der Waals surface area contributed by atoms with Gasteiger partial charge in [0.25, 0.3) is 0 Å². The molecule has 0 spiro atoms. The zero-order valence-electron chi connectivity index (χ0n) is 9.37. The van der Waals surface area contributed by atoms with Gasteiger partial charge in [-0.05, 0) is 32.4 Å². The summed E-state index contributed by atoms with van der Waals surface area (Å²) in [4.78, 5) is 12.5. The Bertz CT molecular complexity index is 352. The second-order valence-electron chi connectivity index (χ2n) is 3.82. The average molecular weight is 262 g/mol. The molecule has 2 unspecified atom stereocenters. The highest BCUT2D eigenvalue weighted by molar-refractivity contribution is 7.16. The van der Waals surface area contributed by atoms with E-state index in [0.29, 0.717) is 12.8 Å². The van der Waals surface area contributed by atoms with Crippen molar-refractivity contribution in [2.45, 2.75) is 38.8 Å². The fraction of sp³-hybridized carbons (Fsp3) is 0.545. The first-order valence-corrected chi connectivity index (χ1v) is 6.41. The lowest BCUT2D eigenvalue weighted by Crippen LogP contribution is -2.26. The molecule has 0 saturated carbocycles. The molecule has 3 nitrogen and oxygen atoms in total. The summed E-state index contributed by atoms with van der Waals surface area (Å²) in [5, 5.41) is 11.9. The Morgan fingerprint density at radius 1 is 1.56 bits per heavy atom. The molecule has 1 heterocycles. The van der Waals surface area contributed by atoms with Crippen molar-refractivity contribution in [3.63, 3.8) is 0 Å². The first-order valence-electron chi connectivity index (χ1n) is 5.21. The summed E-state index contributed by atoms with van der Waals surface area (Å²) in [5.41, 5.74) is 0. The van der Waals surface area contributed by atoms with Crippen LogP contribution in [0.2, 0.25) is 4.34 Å². The standard InChI is InChI=1S/C11H16ClNO2S/c1-7(14)3-6-11(15)13-8(2)9-4-5-10(12)16-9/h4-5,7-8,14H,3,6H2,1-2H3,(H,13,15). The third-order valence-corrected chi connectivity index (χ3v) is 3.60. The van der Waals surface area contributed by atoms with Crippen LogP contribution in [-0.4, -0.2) is 17.1 Å². The number of thiophene rings is 1. The van der Waals surface area contributed by atoms with E-state index in [9.17, 15) is 4.79 Å². The molecule has 5 heteroatoms. The Kier molecular flexibility index (Phi) is 5.25. The number of hydrogen-bond acceptors (Lipinski definition) is 3. The minimum Gasteiger partial charge on any atom is -0.393 e. The largest absolute Gasteiger partial charge is 0.393 e. The van der Waals surface area contributed by atoms with E-state index in [1.165, 1.54) is 11.3 Å². The predicted molar refractivity (Wildman–Crippen MR) is 66.8 cm³/mol. The van der Waals surface area contributed by atoms with E-state index in [-0.39, 0.29) is 11.9 Å². The molecule has 0 aliphatic heterocycles. The molecule has 2 atom stereocenters. The van der Waals surface area contributed by atoms with Gasteiger partial charge in [0.1, 0.15) is 0 Å². The number of rotatable bonds is 5. The van der Waals surface area contributed by atoms with Crippen LogP contribution in [0.1, 0.15) is 37.6 Å². The zero-order valence-corrected chi connectivity index (χ0v) is 10.9. The van der Waals surface area contributed by atoms with Gasteiger partial charge in [-0.1, -0.05) is 11.6 Å². The molecular formula is C11H16ClNO2S. The molecule has 1 rings (SSSR count). The Morgan fingerprint density at radius 3 is 2.75 bits per heavy atom. The molecule has 0 bridgehead atoms. The summed E-state index contributed by atoms with van der Waals surface area (Å²) in [6, 6.07) is 3.70. The van der Waals surface area contributed by atoms with Crippen molar-refractivity contribution in [3.05, 3.63) is 21.3 Å². The van der Waals surface area contributed by atoms with Crippen LogP contribution in [0, 0.1) is 0 Å². The summed E-state index contributed by atoms with van der Waals surface area (Å²) in [7, 11) is 0. The normalized spacial score (nSPS) is 14.5. The summed E-state index contributed by atoms with van der Waals surface area (Å²) < 4.78 is 0.722. The van der Waals surface area contributed by atoms with Gasteiger partial charge in [0.2, 0.25) is 5.91 Å². The highest BCUT2D eigenvalue weighted by atomic mass is 35.5. The monoisotopic (exact) mass is 261 g/mol. The lowest BCUT2D eigenvalue weighted by molar-refractivity contribution is -0.122. The maximum Gasteiger partial charge on any atom is 0.220 e. The molecule has 90 valence electrons. The summed E-state index contributed by atoms with van der Waals surface area (Å²) >= 11 is 7.28. The number of nitrogens with one attached hydrogen (secondary N) is 1. The third kappa shape index (κ3) is 4.51. The van der Waals surface area contributed by atoms with Gasteiger partial charge in [0.05, 0.1) is 16.5 Å². The van der Waals surface area contributed by atoms with Crippen molar-refractivity contribution in [1.29, 1.82) is 0 Å². The first kappa shape index (κ1) is 13.5. The molecular weight excluding hydrogens is 246 g/mol. The molecule has 2 N–H and O–H groups in total. The SMILES string of the molecule is CC(O)CCC(=O)NC(C)c1ccc(Cl)s1. The maximum atomic E-state index is 11.5. The number of carbonyl (C=O) groups is 1. The smallest absolute Gasteiger partial charge is 0.220 e. The first-order chi connectivity index (χ1) is 7.49. The summed E-state index contributed by atoms with van der Waals surface area (Å²) in [5.74, 6) is -0.0436. The van der Waals surface area contributed by atoms with Crippen molar-refractivity contribution < 1.29 is 9.90 Å². The predicted octanol–water partition coefficient (Wildman–Crippen LogP) is 2.74. The number of halogens is 1. The molecule has 0 aliphatic rings. The fourth-order valence-electron chi connectivity index (χ4n) is 1.29. The fourth-order valence-corrected chi connectivity index (χ4v) is 2.35. The van der Waals surface area contributed by atoms with Gasteiger partial charge >= 0.3 is 0 Å². The summed E-state index contributed by atoms with van der Waals surface area (Å²) in [6.45, 7) is 3.60. The Morgan fingerprint density at radius 2 is 2.25 bits per heavy atom. The highest BCUT2D eigenvalue weighted by Gasteiger charge is 2.11. The Hall–Kier alpha value is -0.580. The Labute approximate surface area is 104 Å². The molecule has 1 aromatic heterocycles. The van der Waals surface area contributed by atoms with Crippen LogP contribution in [-0.2, 0) is 4.79 Å². The van der Waals surface area contributed by atoms with Crippen LogP contribution in [0.5, 0.6) is 0 Å². The van der Waals surface area contributed by atoms with Crippen LogP contribution in [0.3, 0.4) is 0 Å². The van der Waals surface area contributed by atoms with Gasteiger partial charge in [0, 0.05) is 11.3 Å². The van der Waals surface area contributed by atoms with Gasteiger partial charge in [0.15, 0.2) is 0 Å². The zero-order chi connectivity index (χ0) is 12.1. The second kappa shape index (κ2) is 6.23. The van der Waals surface area contributed by atoms with Crippen LogP contribution in [0.15, 0.2) is 12.1 Å². The molecule has 1 aromatic rings. The Balaban J connectivity index is 2.39. The molecule has 16 heavy (non-hydrogen) atoms. The van der Waals surface area contributed by atoms with E-state index in [0.717, 1.165) is 9.21 Å². The van der Waals surface area contributed by atoms with Crippen molar-refractivity contribution in [2.75, 3.05) is 0 Å². The lowest BCUT2D eigenvalue weighted by Gasteiger charge is -2.12. The van der Waals surface area contributed by atoms with Gasteiger partial charge in [-0.15, -0.1) is 11.3 Å². The van der Waals surface area contributed by atoms with E-state index in [2.05, 4.69) is 5.32 Å². The third-order valence-electron chi connectivity index (χ3n) is 2.19. The van der Waals surface area contributed by atoms with E-state index in [1.54, 1.807) is 6.92 Å². The van der Waals surface area contributed by atoms with Gasteiger partial charge < -0.3 is 10.4 Å². The van der Waals surface area contributed by atoms with Gasteiger partial charge in [-0.25, -0.2) is 0 Å². The van der Waals surface area contributed by atoms with Gasteiger partial charge in [-0.3, -0.25) is 4.79 Å². The van der Waals surface area contributed by atoms with Crippen LogP contribution in [0.4, 0.5) is 0 Å². The second-order valence-corrected chi connectivity index (χ2v) is 5.57. The minimum atomic E-state index is -0.433. The topological polar surface area (TPSA) is 49.3 Å². The van der Waals surface area contributed by atoms with Crippen LogP contribution in [0.25, 0.3) is 0 Å². The van der Waals surface area contributed by atoms with Crippen molar-refractivity contribution >= 4 is 28.8 Å². The quantitative estimate of drug-likeness (QED) is 0.856. The summed E-state index contributed by atoms with van der Waals surface area (Å²) in [6.07, 6.45) is 0.405. The number of hydrogen-bond donors (Lipinski definition) is 2. The highest BCUT2D eigenvalue weighted by Crippen LogP contribution is 2.26. The van der Waals surface area contributed by atoms with Crippen molar-refractivity contribution in [1.82, 2.24) is 5.32 Å². The van der Waals surface area contributed by atoms with Gasteiger partial charge in [-0.2, -0.15) is 0 Å². The minimum absolute atomic E-state index is 0.0287. The van der Waals surface area contributed by atoms with Crippen LogP contribution >= 0.6 is 22.9 Å². The number of carbonyl (C=O) groups excluding carboxylic acids is 1. The molecule has 1 amide bonds. The molecule has 0 fully saturated rings. The van der Waals surface area contributed by atoms with E-state index < -0.39 is 6.10 Å². The number of aliphatic hydroxyl groups excluding tert-OH is 1. The average Bonchev–Trinajstić information content (AvgIpc) is 2.62. The molecule has 0 aliphatic carbocycles. The van der Waals surface area contributed by atoms with E-state index in [1.807, 2.05) is 19.1 Å². The maximum absolute atomic E-state index is 11.5. The van der Waals surface area contributed by atoms with E-state index >= 15 is 0 Å². The molecule has 0 aromatic carbocycles. The molecule has 0 radical (unpaired) electrons. The van der Waals surface area contributed by atoms with Crippen molar-refractivity contribution in [3.8, 4) is 0 Å². The van der Waals surface area contributed by atoms with Crippen molar-refractivity contribution in [2.24, 2.45) is 0 Å². The number of aliphatic hydroxyl groups is 1. The lowest BCUT2D eigenvalue weighted by atomic mass is 10.2. The number of amides is 1. The van der Waals surface area contributed by atoms with Crippen LogP contribution < -0.4 is 5.32 Å². The van der Waals surface area contributed by atoms with E-state index in [4.69, 9.17) is 16.7 Å².